The monoisotopic (exact) mass is 395 g/mol. The lowest BCUT2D eigenvalue weighted by Crippen LogP contribution is -2.15. The van der Waals surface area contributed by atoms with Gasteiger partial charge in [-0.2, -0.15) is 0 Å². The van der Waals surface area contributed by atoms with Crippen molar-refractivity contribution in [3.8, 4) is 0 Å². The predicted octanol–water partition coefficient (Wildman–Crippen LogP) is 4.80. The molecule has 0 fully saturated rings. The highest BCUT2D eigenvalue weighted by Gasteiger charge is 2.12. The summed E-state index contributed by atoms with van der Waals surface area (Å²) in [6.07, 6.45) is 14.5. The second kappa shape index (κ2) is 12.3. The first-order valence-electron chi connectivity index (χ1n) is 9.82. The second-order valence-corrected chi connectivity index (χ2v) is 6.25. The number of allylic oxidation sites excluding steroid dienone is 6. The van der Waals surface area contributed by atoms with E-state index in [2.05, 4.69) is 23.1 Å². The molecule has 4 N–H and O–H groups in total. The van der Waals surface area contributed by atoms with Gasteiger partial charge in [0.25, 0.3) is 0 Å². The minimum Gasteiger partial charge on any atom is -0.483 e. The van der Waals surface area contributed by atoms with Gasteiger partial charge in [-0.3, -0.25) is 4.79 Å². The third-order valence-corrected chi connectivity index (χ3v) is 4.54. The molecule has 0 heterocycles. The summed E-state index contributed by atoms with van der Waals surface area (Å²) in [5.41, 5.74) is 16.4. The van der Waals surface area contributed by atoms with Gasteiger partial charge in [-0.15, -0.1) is 0 Å². The lowest BCUT2D eigenvalue weighted by atomic mass is 9.95. The number of ether oxygens (including phenoxy) is 1. The van der Waals surface area contributed by atoms with Crippen LogP contribution < -0.4 is 11.5 Å². The van der Waals surface area contributed by atoms with Crippen LogP contribution in [-0.4, -0.2) is 25.3 Å². The average Bonchev–Trinajstić information content (AvgIpc) is 2.78. The largest absolute Gasteiger partial charge is 0.483 e. The van der Waals surface area contributed by atoms with Crippen molar-refractivity contribution in [2.75, 3.05) is 14.2 Å². The number of hydrogen-bond donors (Lipinski definition) is 2. The maximum atomic E-state index is 11.9. The van der Waals surface area contributed by atoms with E-state index in [1.165, 1.54) is 13.3 Å². The van der Waals surface area contributed by atoms with Crippen LogP contribution in [0.5, 0.6) is 0 Å². The van der Waals surface area contributed by atoms with Crippen molar-refractivity contribution in [2.45, 2.75) is 33.6 Å². The van der Waals surface area contributed by atoms with E-state index in [4.69, 9.17) is 16.2 Å². The van der Waals surface area contributed by atoms with Crippen molar-refractivity contribution >= 4 is 17.9 Å². The maximum absolute atomic E-state index is 11.9. The normalized spacial score (nSPS) is 14.5. The number of rotatable bonds is 7. The standard InChI is InChI=1S/C22H27N3O2.C2H6/c1-16(25(2)19-9-5-4-6-10-19)12-17-8-7-11-20(21(17)15-26)18(14-23)13-22(24)27-3;1-2/h5,7-15H,4,6,23-24H2,1-3H3;1-2H3/b16-12-,18-14+,22-13+;. The number of carbonyl (C=O) groups is 1. The molecular weight excluding hydrogens is 362 g/mol. The van der Waals surface area contributed by atoms with E-state index in [0.29, 0.717) is 16.7 Å². The minimum absolute atomic E-state index is 0.219. The topological polar surface area (TPSA) is 81.6 Å². The maximum Gasteiger partial charge on any atom is 0.184 e. The van der Waals surface area contributed by atoms with Crippen molar-refractivity contribution in [3.05, 3.63) is 82.7 Å². The molecule has 1 aliphatic rings. The first-order valence-corrected chi connectivity index (χ1v) is 9.82. The Kier molecular flexibility index (Phi) is 10.1. The number of nitrogens with zero attached hydrogens (tertiary/aromatic N) is 1. The zero-order valence-electron chi connectivity index (χ0n) is 18.1. The highest BCUT2D eigenvalue weighted by Crippen LogP contribution is 2.25. The molecule has 0 bridgehead atoms. The Morgan fingerprint density at radius 3 is 2.52 bits per heavy atom. The van der Waals surface area contributed by atoms with Gasteiger partial charge in [0.1, 0.15) is 0 Å². The summed E-state index contributed by atoms with van der Waals surface area (Å²) in [5, 5.41) is 0. The van der Waals surface area contributed by atoms with E-state index in [9.17, 15) is 4.79 Å². The van der Waals surface area contributed by atoms with E-state index in [0.717, 1.165) is 36.1 Å². The Balaban J connectivity index is 0.00000204. The Morgan fingerprint density at radius 2 is 1.97 bits per heavy atom. The van der Waals surface area contributed by atoms with Gasteiger partial charge in [0.2, 0.25) is 0 Å². The smallest absolute Gasteiger partial charge is 0.184 e. The van der Waals surface area contributed by atoms with Gasteiger partial charge in [-0.05, 0) is 43.0 Å². The van der Waals surface area contributed by atoms with E-state index >= 15 is 0 Å². The van der Waals surface area contributed by atoms with Crippen LogP contribution in [-0.2, 0) is 4.74 Å². The Hall–Kier alpha value is -3.21. The molecule has 0 aliphatic heterocycles. The molecule has 2 rings (SSSR count). The molecule has 1 aliphatic carbocycles. The molecule has 0 saturated carbocycles. The highest BCUT2D eigenvalue weighted by molar-refractivity contribution is 5.92. The first-order chi connectivity index (χ1) is 14.0. The number of aldehydes is 1. The highest BCUT2D eigenvalue weighted by atomic mass is 16.5. The third kappa shape index (κ3) is 6.42. The van der Waals surface area contributed by atoms with Crippen LogP contribution >= 0.6 is 0 Å². The van der Waals surface area contributed by atoms with Gasteiger partial charge in [-0.25, -0.2) is 0 Å². The molecular formula is C24H33N3O2. The number of carbonyl (C=O) groups excluding carboxylic acids is 1. The zero-order valence-corrected chi connectivity index (χ0v) is 18.1. The summed E-state index contributed by atoms with van der Waals surface area (Å²) >= 11 is 0. The molecule has 0 amide bonds. The predicted molar refractivity (Wildman–Crippen MR) is 122 cm³/mol. The molecule has 5 nitrogen and oxygen atoms in total. The van der Waals surface area contributed by atoms with Crippen LogP contribution in [0.2, 0.25) is 0 Å². The summed E-state index contributed by atoms with van der Waals surface area (Å²) in [7, 11) is 3.50. The van der Waals surface area contributed by atoms with Gasteiger partial charge in [0, 0.05) is 41.9 Å². The zero-order chi connectivity index (χ0) is 21.8. The summed E-state index contributed by atoms with van der Waals surface area (Å²) in [4.78, 5) is 14.0. The number of methoxy groups -OCH3 is 1. The molecule has 0 atom stereocenters. The second-order valence-electron chi connectivity index (χ2n) is 6.25. The third-order valence-electron chi connectivity index (χ3n) is 4.54. The summed E-state index contributed by atoms with van der Waals surface area (Å²) in [6.45, 7) is 6.02. The number of nitrogens with two attached hydrogens (primary N) is 2. The molecule has 1 aromatic carbocycles. The number of benzene rings is 1. The van der Waals surface area contributed by atoms with Crippen molar-refractivity contribution in [1.29, 1.82) is 0 Å². The first kappa shape index (κ1) is 23.8. The van der Waals surface area contributed by atoms with Crippen molar-refractivity contribution < 1.29 is 9.53 Å². The molecule has 0 aromatic heterocycles. The molecule has 156 valence electrons. The van der Waals surface area contributed by atoms with Crippen LogP contribution in [0.4, 0.5) is 0 Å². The van der Waals surface area contributed by atoms with Gasteiger partial charge in [0.15, 0.2) is 12.2 Å². The molecule has 0 radical (unpaired) electrons. The molecule has 29 heavy (non-hydrogen) atoms. The van der Waals surface area contributed by atoms with Crippen LogP contribution in [0, 0.1) is 0 Å². The lowest BCUT2D eigenvalue weighted by molar-refractivity contribution is 0.112. The van der Waals surface area contributed by atoms with Crippen LogP contribution in [0.3, 0.4) is 0 Å². The Bertz CT molecular complexity index is 846. The fraction of sp³-hybridized carbons (Fsp3) is 0.292. The van der Waals surface area contributed by atoms with E-state index < -0.39 is 0 Å². The van der Waals surface area contributed by atoms with Crippen LogP contribution in [0.1, 0.15) is 55.1 Å². The summed E-state index contributed by atoms with van der Waals surface area (Å²) in [5.74, 6) is 0.219. The van der Waals surface area contributed by atoms with Crippen LogP contribution in [0.25, 0.3) is 11.6 Å². The van der Waals surface area contributed by atoms with E-state index in [1.807, 2.05) is 52.1 Å². The van der Waals surface area contributed by atoms with Gasteiger partial charge < -0.3 is 21.1 Å². The minimum atomic E-state index is 0.219. The molecule has 1 aromatic rings. The van der Waals surface area contributed by atoms with Gasteiger partial charge in [-0.1, -0.05) is 44.2 Å². The number of hydrogen-bond acceptors (Lipinski definition) is 5. The van der Waals surface area contributed by atoms with Crippen molar-refractivity contribution in [1.82, 2.24) is 4.90 Å². The Morgan fingerprint density at radius 1 is 1.24 bits per heavy atom. The van der Waals surface area contributed by atoms with Crippen molar-refractivity contribution in [2.24, 2.45) is 11.5 Å². The molecule has 0 spiro atoms. The van der Waals surface area contributed by atoms with E-state index in [-0.39, 0.29) is 5.88 Å². The average molecular weight is 396 g/mol. The summed E-state index contributed by atoms with van der Waals surface area (Å²) < 4.78 is 4.99. The van der Waals surface area contributed by atoms with Gasteiger partial charge >= 0.3 is 0 Å². The lowest BCUT2D eigenvalue weighted by Gasteiger charge is -2.23. The summed E-state index contributed by atoms with van der Waals surface area (Å²) in [6, 6.07) is 5.64. The van der Waals surface area contributed by atoms with Crippen molar-refractivity contribution in [3.63, 3.8) is 0 Å². The SMILES string of the molecule is CC.CO/C(N)=C/C(=C\N)c1cccc(/C=C(/C)N(C)C2=CCCC=C2)c1C=O. The fourth-order valence-electron chi connectivity index (χ4n) is 2.89. The molecule has 5 heteroatoms. The quantitative estimate of drug-likeness (QED) is 0.394. The fourth-order valence-corrected chi connectivity index (χ4v) is 2.89. The van der Waals surface area contributed by atoms with Gasteiger partial charge in [0.05, 0.1) is 7.11 Å². The van der Waals surface area contributed by atoms with Crippen LogP contribution in [0.15, 0.2) is 66.0 Å². The molecule has 0 saturated heterocycles. The van der Waals surface area contributed by atoms with E-state index in [1.54, 1.807) is 6.08 Å². The number of likely N-dealkylation sites (N-methyl/N-ethyl adjacent to an activating group) is 1. The molecule has 0 unspecified atom stereocenters. The Labute approximate surface area is 174 Å².